The number of carbonyl (C=O) groups is 1. The van der Waals surface area contributed by atoms with Crippen LogP contribution in [0.5, 0.6) is 11.5 Å². The third kappa shape index (κ3) is 4.31. The van der Waals surface area contributed by atoms with Gasteiger partial charge in [0, 0.05) is 34.9 Å². The van der Waals surface area contributed by atoms with Crippen LogP contribution in [0, 0.1) is 0 Å². The lowest BCUT2D eigenvalue weighted by atomic mass is 10.2. The Morgan fingerprint density at radius 2 is 1.71 bits per heavy atom. The maximum Gasteiger partial charge on any atom is 0.243 e. The Morgan fingerprint density at radius 3 is 2.29 bits per heavy atom. The predicted molar refractivity (Wildman–Crippen MR) is 109 cm³/mol. The fourth-order valence-electron chi connectivity index (χ4n) is 3.14. The number of anilines is 1. The van der Waals surface area contributed by atoms with Gasteiger partial charge in [-0.3, -0.25) is 4.79 Å². The molecule has 1 amide bonds. The molecule has 2 aromatic carbocycles. The Labute approximate surface area is 172 Å². The van der Waals surface area contributed by atoms with E-state index in [0.29, 0.717) is 36.6 Å². The third-order valence-corrected chi connectivity index (χ3v) is 7.00. The minimum Gasteiger partial charge on any atom is -0.497 e. The van der Waals surface area contributed by atoms with Crippen LogP contribution < -0.4 is 14.8 Å². The van der Waals surface area contributed by atoms with E-state index in [1.54, 1.807) is 30.3 Å². The van der Waals surface area contributed by atoms with Gasteiger partial charge in [0.2, 0.25) is 15.9 Å². The molecule has 1 fully saturated rings. The number of rotatable bonds is 6. The Hall–Kier alpha value is -2.10. The largest absolute Gasteiger partial charge is 0.497 e. The molecule has 0 bridgehead atoms. The van der Waals surface area contributed by atoms with Crippen LogP contribution in [-0.4, -0.2) is 45.4 Å². The normalized spacial score (nSPS) is 17.3. The molecule has 0 spiro atoms. The highest BCUT2D eigenvalue weighted by Gasteiger charge is 2.39. The highest BCUT2D eigenvalue weighted by Crippen LogP contribution is 2.29. The minimum absolute atomic E-state index is 0.165. The number of hydrogen-bond acceptors (Lipinski definition) is 5. The zero-order valence-corrected chi connectivity index (χ0v) is 17.9. The molecule has 2 aromatic rings. The van der Waals surface area contributed by atoms with Gasteiger partial charge in [-0.25, -0.2) is 8.42 Å². The van der Waals surface area contributed by atoms with Gasteiger partial charge >= 0.3 is 0 Å². The van der Waals surface area contributed by atoms with E-state index >= 15 is 0 Å². The van der Waals surface area contributed by atoms with E-state index in [-0.39, 0.29) is 10.8 Å². The third-order valence-electron chi connectivity index (χ3n) is 4.55. The molecule has 1 saturated heterocycles. The number of halogens is 1. The summed E-state index contributed by atoms with van der Waals surface area (Å²) >= 11 is 3.30. The van der Waals surface area contributed by atoms with E-state index in [4.69, 9.17) is 9.47 Å². The second-order valence-corrected chi connectivity index (χ2v) is 9.12. The minimum atomic E-state index is -3.77. The smallest absolute Gasteiger partial charge is 0.243 e. The maximum absolute atomic E-state index is 13.0. The van der Waals surface area contributed by atoms with Crippen LogP contribution in [0.3, 0.4) is 0 Å². The Bertz CT molecular complexity index is 941. The highest BCUT2D eigenvalue weighted by molar-refractivity contribution is 9.10. The van der Waals surface area contributed by atoms with Crippen LogP contribution in [0.1, 0.15) is 12.8 Å². The summed E-state index contributed by atoms with van der Waals surface area (Å²) in [5.74, 6) is 0.675. The quantitative estimate of drug-likeness (QED) is 0.702. The average molecular weight is 469 g/mol. The molecule has 3 rings (SSSR count). The van der Waals surface area contributed by atoms with Crippen molar-refractivity contribution in [1.29, 1.82) is 0 Å². The summed E-state index contributed by atoms with van der Waals surface area (Å²) in [5, 5.41) is 2.78. The van der Waals surface area contributed by atoms with Crippen LogP contribution >= 0.6 is 15.9 Å². The summed E-state index contributed by atoms with van der Waals surface area (Å²) in [7, 11) is -0.730. The van der Waals surface area contributed by atoms with Crippen LogP contribution in [0.4, 0.5) is 5.69 Å². The van der Waals surface area contributed by atoms with Crippen molar-refractivity contribution in [3.63, 3.8) is 0 Å². The Morgan fingerprint density at radius 1 is 1.11 bits per heavy atom. The maximum atomic E-state index is 13.0. The molecule has 1 heterocycles. The lowest BCUT2D eigenvalue weighted by Crippen LogP contribution is -2.43. The average Bonchev–Trinajstić information content (AvgIpc) is 3.19. The summed E-state index contributed by atoms with van der Waals surface area (Å²) in [6, 6.07) is 10.6. The summed E-state index contributed by atoms with van der Waals surface area (Å²) in [5.41, 5.74) is 0.481. The first-order valence-corrected chi connectivity index (χ1v) is 10.9. The summed E-state index contributed by atoms with van der Waals surface area (Å²) < 4.78 is 38.5. The lowest BCUT2D eigenvalue weighted by molar-refractivity contribution is -0.119. The Kier molecular flexibility index (Phi) is 6.26. The predicted octanol–water partition coefficient (Wildman–Crippen LogP) is 3.26. The molecule has 1 aliphatic heterocycles. The molecule has 0 saturated carbocycles. The number of hydrogen-bond donors (Lipinski definition) is 1. The molecule has 1 atom stereocenters. The van der Waals surface area contributed by atoms with Crippen molar-refractivity contribution in [2.45, 2.75) is 23.8 Å². The van der Waals surface area contributed by atoms with Crippen molar-refractivity contribution < 1.29 is 22.7 Å². The van der Waals surface area contributed by atoms with E-state index in [2.05, 4.69) is 21.2 Å². The number of ether oxygens (including phenoxy) is 2. The first kappa shape index (κ1) is 20.6. The van der Waals surface area contributed by atoms with Crippen molar-refractivity contribution in [1.82, 2.24) is 4.31 Å². The molecular formula is C19H21BrN2O5S. The zero-order chi connectivity index (χ0) is 20.3. The number of benzene rings is 2. The van der Waals surface area contributed by atoms with Gasteiger partial charge in [-0.15, -0.1) is 0 Å². The number of carbonyl (C=O) groups excluding carboxylic acids is 1. The molecule has 1 N–H and O–H groups in total. The van der Waals surface area contributed by atoms with E-state index in [1.807, 2.05) is 0 Å². The van der Waals surface area contributed by atoms with E-state index < -0.39 is 16.1 Å². The summed E-state index contributed by atoms with van der Waals surface area (Å²) in [4.78, 5) is 13.0. The van der Waals surface area contributed by atoms with Gasteiger partial charge < -0.3 is 14.8 Å². The first-order valence-electron chi connectivity index (χ1n) is 8.66. The van der Waals surface area contributed by atoms with Crippen LogP contribution in [0.15, 0.2) is 51.8 Å². The van der Waals surface area contributed by atoms with Gasteiger partial charge in [-0.1, -0.05) is 15.9 Å². The van der Waals surface area contributed by atoms with Gasteiger partial charge in [0.05, 0.1) is 19.1 Å². The second-order valence-electron chi connectivity index (χ2n) is 6.32. The first-order chi connectivity index (χ1) is 13.3. The molecule has 0 aliphatic carbocycles. The monoisotopic (exact) mass is 468 g/mol. The topological polar surface area (TPSA) is 84.9 Å². The van der Waals surface area contributed by atoms with E-state index in [0.717, 1.165) is 4.47 Å². The van der Waals surface area contributed by atoms with Crippen molar-refractivity contribution >= 4 is 37.5 Å². The molecule has 28 heavy (non-hydrogen) atoms. The number of nitrogens with zero attached hydrogens (tertiary/aromatic N) is 1. The van der Waals surface area contributed by atoms with Gasteiger partial charge in [0.1, 0.15) is 17.5 Å². The Balaban J connectivity index is 1.82. The number of amides is 1. The standard InChI is InChI=1S/C19H21BrN2O5S/c1-26-15-10-14(11-16(12-15)27-2)21-19(23)18-4-3-9-22(18)28(24,25)17-7-5-13(20)6-8-17/h5-8,10-12,18H,3-4,9H2,1-2H3,(H,21,23). The number of nitrogens with one attached hydrogen (secondary N) is 1. The van der Waals surface area contributed by atoms with Crippen LogP contribution in [0.25, 0.3) is 0 Å². The summed E-state index contributed by atoms with van der Waals surface area (Å²) in [6.45, 7) is 0.303. The van der Waals surface area contributed by atoms with Crippen LogP contribution in [0.2, 0.25) is 0 Å². The van der Waals surface area contributed by atoms with Crippen molar-refractivity contribution in [3.8, 4) is 11.5 Å². The second kappa shape index (κ2) is 8.50. The van der Waals surface area contributed by atoms with E-state index in [9.17, 15) is 13.2 Å². The van der Waals surface area contributed by atoms with Crippen molar-refractivity contribution in [3.05, 3.63) is 46.9 Å². The molecule has 0 radical (unpaired) electrons. The van der Waals surface area contributed by atoms with Gasteiger partial charge in [0.15, 0.2) is 0 Å². The number of methoxy groups -OCH3 is 2. The fourth-order valence-corrected chi connectivity index (χ4v) is 5.06. The van der Waals surface area contributed by atoms with Crippen molar-refractivity contribution in [2.24, 2.45) is 0 Å². The molecular weight excluding hydrogens is 448 g/mol. The molecule has 9 heteroatoms. The molecule has 1 aliphatic rings. The SMILES string of the molecule is COc1cc(NC(=O)C2CCCN2S(=O)(=O)c2ccc(Br)cc2)cc(OC)c1. The number of sulfonamides is 1. The van der Waals surface area contributed by atoms with Gasteiger partial charge in [-0.05, 0) is 37.1 Å². The van der Waals surface area contributed by atoms with E-state index in [1.165, 1.54) is 30.7 Å². The highest BCUT2D eigenvalue weighted by atomic mass is 79.9. The fraction of sp³-hybridized carbons (Fsp3) is 0.316. The van der Waals surface area contributed by atoms with Gasteiger partial charge in [-0.2, -0.15) is 4.31 Å². The zero-order valence-electron chi connectivity index (χ0n) is 15.5. The molecule has 1 unspecified atom stereocenters. The van der Waals surface area contributed by atoms with Crippen LogP contribution in [-0.2, 0) is 14.8 Å². The molecule has 150 valence electrons. The van der Waals surface area contributed by atoms with Crippen molar-refractivity contribution in [2.75, 3.05) is 26.1 Å². The van der Waals surface area contributed by atoms with Gasteiger partial charge in [0.25, 0.3) is 0 Å². The molecule has 7 nitrogen and oxygen atoms in total. The lowest BCUT2D eigenvalue weighted by Gasteiger charge is -2.23. The molecule has 0 aromatic heterocycles. The summed E-state index contributed by atoms with van der Waals surface area (Å²) in [6.07, 6.45) is 1.08.